The molecule has 0 saturated heterocycles. The molecule has 1 unspecified atom stereocenters. The van der Waals surface area contributed by atoms with Crippen LogP contribution in [0.2, 0.25) is 0 Å². The van der Waals surface area contributed by atoms with E-state index in [2.05, 4.69) is 23.7 Å². The average Bonchev–Trinajstić information content (AvgIpc) is 2.72. The van der Waals surface area contributed by atoms with Crippen LogP contribution in [0, 0.1) is 23.7 Å². The molecule has 0 heterocycles. The fourth-order valence-electron chi connectivity index (χ4n) is 2.39. The van der Waals surface area contributed by atoms with Crippen molar-refractivity contribution in [1.82, 2.24) is 0 Å². The Balaban J connectivity index is 1.74. The average molecular weight is 350 g/mol. The lowest BCUT2D eigenvalue weighted by molar-refractivity contribution is 0.0438. The van der Waals surface area contributed by atoms with Crippen LogP contribution in [0.1, 0.15) is 34.0 Å². The molecule has 130 valence electrons. The molecule has 1 atom stereocenters. The Labute approximate surface area is 159 Å². The normalized spacial score (nSPS) is 10.6. The van der Waals surface area contributed by atoms with E-state index in [1.54, 1.807) is 19.1 Å². The first-order valence-electron chi connectivity index (χ1n) is 8.66. The predicted molar refractivity (Wildman–Crippen MR) is 107 cm³/mol. The molecule has 0 saturated carbocycles. The topological polar surface area (TPSA) is 26.3 Å². The van der Waals surface area contributed by atoms with Gasteiger partial charge in [0.2, 0.25) is 0 Å². The summed E-state index contributed by atoms with van der Waals surface area (Å²) in [5, 5.41) is 0. The Bertz CT molecular complexity index is 1030. The van der Waals surface area contributed by atoms with Gasteiger partial charge in [0, 0.05) is 16.7 Å². The van der Waals surface area contributed by atoms with E-state index in [9.17, 15) is 4.79 Å². The number of rotatable bonds is 2. The van der Waals surface area contributed by atoms with E-state index in [-0.39, 0.29) is 0 Å². The summed E-state index contributed by atoms with van der Waals surface area (Å²) in [5.74, 6) is 11.7. The van der Waals surface area contributed by atoms with Gasteiger partial charge in [-0.2, -0.15) is 0 Å². The molecule has 0 aliphatic rings. The molecule has 3 rings (SSSR count). The van der Waals surface area contributed by atoms with Crippen molar-refractivity contribution in [2.24, 2.45) is 0 Å². The van der Waals surface area contributed by atoms with Gasteiger partial charge in [-0.05, 0) is 43.3 Å². The van der Waals surface area contributed by atoms with Gasteiger partial charge in [-0.3, -0.25) is 0 Å². The minimum Gasteiger partial charge on any atom is -0.446 e. The van der Waals surface area contributed by atoms with Gasteiger partial charge in [-0.15, -0.1) is 0 Å². The second-order valence-electron chi connectivity index (χ2n) is 5.84. The number of benzene rings is 3. The summed E-state index contributed by atoms with van der Waals surface area (Å²) in [4.78, 5) is 12.5. The summed E-state index contributed by atoms with van der Waals surface area (Å²) in [6.07, 6.45) is -0.521. The summed E-state index contributed by atoms with van der Waals surface area (Å²) >= 11 is 0. The summed E-state index contributed by atoms with van der Waals surface area (Å²) < 4.78 is 5.47. The molecule has 2 heteroatoms. The first-order chi connectivity index (χ1) is 13.2. The van der Waals surface area contributed by atoms with Crippen LogP contribution in [0.5, 0.6) is 0 Å². The van der Waals surface area contributed by atoms with E-state index < -0.39 is 12.1 Å². The van der Waals surface area contributed by atoms with Gasteiger partial charge in [0.15, 0.2) is 6.10 Å². The Hall–Kier alpha value is -3.75. The molecular weight excluding hydrogens is 332 g/mol. The quantitative estimate of drug-likeness (QED) is 0.495. The van der Waals surface area contributed by atoms with Crippen LogP contribution >= 0.6 is 0 Å². The largest absolute Gasteiger partial charge is 0.446 e. The van der Waals surface area contributed by atoms with Gasteiger partial charge in [-0.1, -0.05) is 72.2 Å². The van der Waals surface area contributed by atoms with Crippen molar-refractivity contribution in [2.75, 3.05) is 0 Å². The third-order valence-corrected chi connectivity index (χ3v) is 3.74. The minimum atomic E-state index is -0.521. The lowest BCUT2D eigenvalue weighted by atomic mass is 10.1. The molecule has 0 aliphatic carbocycles. The van der Waals surface area contributed by atoms with Gasteiger partial charge in [0.25, 0.3) is 0 Å². The molecule has 0 N–H and O–H groups in total. The number of hydrogen-bond donors (Lipinski definition) is 0. The van der Waals surface area contributed by atoms with Crippen LogP contribution < -0.4 is 0 Å². The fourth-order valence-corrected chi connectivity index (χ4v) is 2.39. The van der Waals surface area contributed by atoms with E-state index in [1.807, 2.05) is 72.8 Å². The third-order valence-electron chi connectivity index (χ3n) is 3.74. The van der Waals surface area contributed by atoms with Crippen LogP contribution in [-0.2, 0) is 4.74 Å². The van der Waals surface area contributed by atoms with E-state index in [4.69, 9.17) is 4.74 Å². The van der Waals surface area contributed by atoms with Crippen LogP contribution in [0.3, 0.4) is 0 Å². The first kappa shape index (κ1) is 18.1. The van der Waals surface area contributed by atoms with Crippen LogP contribution in [0.15, 0.2) is 84.9 Å². The molecule has 27 heavy (non-hydrogen) atoms. The van der Waals surface area contributed by atoms with Gasteiger partial charge in [0.05, 0.1) is 5.56 Å². The SMILES string of the molecule is CC(C#Cc1ccccc1)OC(=O)c1ccccc1C#Cc1ccccc1. The van der Waals surface area contributed by atoms with Crippen LogP contribution in [0.25, 0.3) is 0 Å². The standard InChI is InChI=1S/C25H18O2/c1-20(16-17-21-10-4-2-5-11-21)27-25(26)24-15-9-8-14-23(24)19-18-22-12-6-3-7-13-22/h2-15,20H,1H3. The Morgan fingerprint density at radius 2 is 1.30 bits per heavy atom. The molecule has 0 radical (unpaired) electrons. The molecule has 0 fully saturated rings. The van der Waals surface area contributed by atoms with E-state index in [0.717, 1.165) is 11.1 Å². The van der Waals surface area contributed by atoms with Gasteiger partial charge >= 0.3 is 5.97 Å². The van der Waals surface area contributed by atoms with Gasteiger partial charge in [0.1, 0.15) is 0 Å². The molecule has 0 aromatic heterocycles. The number of ether oxygens (including phenoxy) is 1. The lowest BCUT2D eigenvalue weighted by Crippen LogP contribution is -2.14. The van der Waals surface area contributed by atoms with Crippen molar-refractivity contribution in [3.63, 3.8) is 0 Å². The van der Waals surface area contributed by atoms with Crippen LogP contribution in [-0.4, -0.2) is 12.1 Å². The number of carbonyl (C=O) groups is 1. The van der Waals surface area contributed by atoms with E-state index in [1.165, 1.54) is 0 Å². The Morgan fingerprint density at radius 3 is 1.96 bits per heavy atom. The highest BCUT2D eigenvalue weighted by atomic mass is 16.5. The lowest BCUT2D eigenvalue weighted by Gasteiger charge is -2.08. The zero-order valence-electron chi connectivity index (χ0n) is 15.0. The Kier molecular flexibility index (Phi) is 6.08. The maximum atomic E-state index is 12.5. The van der Waals surface area contributed by atoms with Gasteiger partial charge < -0.3 is 4.74 Å². The summed E-state index contributed by atoms with van der Waals surface area (Å²) in [7, 11) is 0. The zero-order chi connectivity index (χ0) is 18.9. The van der Waals surface area contributed by atoms with Crippen molar-refractivity contribution < 1.29 is 9.53 Å². The molecule has 0 bridgehead atoms. The number of hydrogen-bond acceptors (Lipinski definition) is 2. The second kappa shape index (κ2) is 9.09. The van der Waals surface area contributed by atoms with Crippen molar-refractivity contribution in [3.8, 4) is 23.7 Å². The molecule has 3 aromatic rings. The minimum absolute atomic E-state index is 0.428. The molecule has 3 aromatic carbocycles. The summed E-state index contributed by atoms with van der Waals surface area (Å²) in [5.41, 5.74) is 2.85. The molecule has 0 amide bonds. The number of carbonyl (C=O) groups excluding carboxylic acids is 1. The maximum absolute atomic E-state index is 12.5. The number of esters is 1. The second-order valence-corrected chi connectivity index (χ2v) is 5.84. The smallest absolute Gasteiger partial charge is 0.340 e. The highest BCUT2D eigenvalue weighted by molar-refractivity contribution is 5.92. The summed E-state index contributed by atoms with van der Waals surface area (Å²) in [6, 6.07) is 26.4. The summed E-state index contributed by atoms with van der Waals surface area (Å²) in [6.45, 7) is 1.76. The maximum Gasteiger partial charge on any atom is 0.340 e. The monoisotopic (exact) mass is 350 g/mol. The van der Waals surface area contributed by atoms with Crippen LogP contribution in [0.4, 0.5) is 0 Å². The first-order valence-corrected chi connectivity index (χ1v) is 8.66. The molecule has 0 spiro atoms. The van der Waals surface area contributed by atoms with Gasteiger partial charge in [-0.25, -0.2) is 4.79 Å². The van der Waals surface area contributed by atoms with Crippen molar-refractivity contribution >= 4 is 5.97 Å². The van der Waals surface area contributed by atoms with Crippen molar-refractivity contribution in [1.29, 1.82) is 0 Å². The molecular formula is C25H18O2. The molecule has 0 aliphatic heterocycles. The highest BCUT2D eigenvalue weighted by Gasteiger charge is 2.13. The van der Waals surface area contributed by atoms with E-state index in [0.29, 0.717) is 11.1 Å². The zero-order valence-corrected chi connectivity index (χ0v) is 15.0. The fraction of sp³-hybridized carbons (Fsp3) is 0.0800. The highest BCUT2D eigenvalue weighted by Crippen LogP contribution is 2.11. The molecule has 2 nitrogen and oxygen atoms in total. The van der Waals surface area contributed by atoms with Crippen molar-refractivity contribution in [2.45, 2.75) is 13.0 Å². The van der Waals surface area contributed by atoms with E-state index >= 15 is 0 Å². The predicted octanol–water partition coefficient (Wildman–Crippen LogP) is 4.68. The third kappa shape index (κ3) is 5.36. The van der Waals surface area contributed by atoms with Crippen molar-refractivity contribution in [3.05, 3.63) is 107 Å². The Morgan fingerprint density at radius 1 is 0.741 bits per heavy atom.